The first kappa shape index (κ1) is 48.4. The van der Waals surface area contributed by atoms with Gasteiger partial charge in [0.15, 0.2) is 0 Å². The van der Waals surface area contributed by atoms with Gasteiger partial charge in [0.05, 0.1) is 22.7 Å². The van der Waals surface area contributed by atoms with Crippen LogP contribution in [0.25, 0.3) is 98.4 Å². The van der Waals surface area contributed by atoms with Gasteiger partial charge in [0, 0.05) is 32.9 Å². The van der Waals surface area contributed by atoms with Gasteiger partial charge in [0.25, 0.3) is 0 Å². The Kier molecular flexibility index (Phi) is 12.1. The Morgan fingerprint density at radius 3 is 0.838 bits per heavy atom. The fourth-order valence-corrected chi connectivity index (χ4v) is 12.6. The Bertz CT molecular complexity index is 4370. The minimum Gasteiger partial charge on any atom is -0.309 e. The average molecular weight is 1020 g/mol. The van der Waals surface area contributed by atoms with Crippen LogP contribution in [0.4, 0.5) is 34.1 Å². The predicted molar refractivity (Wildman–Crippen MR) is 344 cm³/mol. The van der Waals surface area contributed by atoms with Crippen molar-refractivity contribution in [3.8, 4) is 44.5 Å². The van der Waals surface area contributed by atoms with Crippen molar-refractivity contribution in [1.29, 1.82) is 0 Å². The minimum atomic E-state index is 1.13. The van der Waals surface area contributed by atoms with Crippen LogP contribution >= 0.6 is 0 Å². The van der Waals surface area contributed by atoms with E-state index in [1.54, 1.807) is 0 Å². The third kappa shape index (κ3) is 8.45. The molecule has 14 aromatic carbocycles. The molecule has 0 amide bonds. The summed E-state index contributed by atoms with van der Waals surface area (Å²) >= 11 is 0. The van der Waals surface area contributed by atoms with Crippen LogP contribution in [0.1, 0.15) is 22.3 Å². The average Bonchev–Trinajstić information content (AvgIpc) is 3.61. The van der Waals surface area contributed by atoms with Gasteiger partial charge in [-0.1, -0.05) is 254 Å². The van der Waals surface area contributed by atoms with Crippen molar-refractivity contribution in [2.24, 2.45) is 0 Å². The molecule has 0 saturated carbocycles. The van der Waals surface area contributed by atoms with Crippen molar-refractivity contribution in [2.45, 2.75) is 27.7 Å². The van der Waals surface area contributed by atoms with E-state index in [4.69, 9.17) is 0 Å². The van der Waals surface area contributed by atoms with E-state index in [1.807, 2.05) is 0 Å². The third-order valence-corrected chi connectivity index (χ3v) is 16.4. The van der Waals surface area contributed by atoms with Crippen molar-refractivity contribution < 1.29 is 0 Å². The summed E-state index contributed by atoms with van der Waals surface area (Å²) in [5, 5.41) is 11.9. The van der Waals surface area contributed by atoms with Crippen LogP contribution in [0.2, 0.25) is 0 Å². The molecule has 0 spiro atoms. The molecule has 0 aromatic heterocycles. The summed E-state index contributed by atoms with van der Waals surface area (Å²) in [5.41, 5.74) is 21.4. The molecule has 0 N–H and O–H groups in total. The summed E-state index contributed by atoms with van der Waals surface area (Å²) in [5.74, 6) is 0. The topological polar surface area (TPSA) is 6.48 Å². The maximum atomic E-state index is 2.54. The molecule has 14 aromatic rings. The van der Waals surface area contributed by atoms with Gasteiger partial charge in [-0.05, 0) is 152 Å². The predicted octanol–water partition coefficient (Wildman–Crippen LogP) is 22.3. The van der Waals surface area contributed by atoms with Crippen molar-refractivity contribution in [3.05, 3.63) is 301 Å². The number of hydrogen-bond acceptors (Lipinski definition) is 2. The molecule has 0 aliphatic heterocycles. The Labute approximate surface area is 468 Å². The van der Waals surface area contributed by atoms with Gasteiger partial charge in [0.1, 0.15) is 0 Å². The zero-order valence-corrected chi connectivity index (χ0v) is 45.5. The molecule has 80 heavy (non-hydrogen) atoms. The summed E-state index contributed by atoms with van der Waals surface area (Å²) in [7, 11) is 0. The molecule has 380 valence electrons. The van der Waals surface area contributed by atoms with Crippen LogP contribution in [0.5, 0.6) is 0 Å². The Balaban J connectivity index is 0.983. The smallest absolute Gasteiger partial charge is 0.0547 e. The van der Waals surface area contributed by atoms with Crippen LogP contribution in [-0.2, 0) is 0 Å². The second kappa shape index (κ2) is 20.1. The Morgan fingerprint density at radius 1 is 0.188 bits per heavy atom. The van der Waals surface area contributed by atoms with Gasteiger partial charge in [-0.15, -0.1) is 0 Å². The van der Waals surface area contributed by atoms with Crippen molar-refractivity contribution in [2.75, 3.05) is 9.80 Å². The monoisotopic (exact) mass is 1020 g/mol. The maximum Gasteiger partial charge on any atom is 0.0547 e. The van der Waals surface area contributed by atoms with E-state index in [1.165, 1.54) is 121 Å². The molecule has 0 bridgehead atoms. The highest BCUT2D eigenvalue weighted by Crippen LogP contribution is 2.51. The lowest BCUT2D eigenvalue weighted by molar-refractivity contribution is 1.26. The third-order valence-electron chi connectivity index (χ3n) is 16.4. The van der Waals surface area contributed by atoms with Crippen LogP contribution in [0.3, 0.4) is 0 Å². The van der Waals surface area contributed by atoms with Gasteiger partial charge >= 0.3 is 0 Å². The first-order valence-electron chi connectivity index (χ1n) is 27.8. The number of aryl methyl sites for hydroxylation is 4. The first-order valence-corrected chi connectivity index (χ1v) is 27.8. The molecule has 0 aliphatic rings. The van der Waals surface area contributed by atoms with E-state index in [-0.39, 0.29) is 0 Å². The summed E-state index contributed by atoms with van der Waals surface area (Å²) in [6.45, 7) is 8.88. The first-order chi connectivity index (χ1) is 39.3. The number of anilines is 6. The number of hydrogen-bond donors (Lipinski definition) is 0. The quantitative estimate of drug-likeness (QED) is 0.126. The van der Waals surface area contributed by atoms with E-state index in [9.17, 15) is 0 Å². The van der Waals surface area contributed by atoms with Crippen LogP contribution in [0, 0.1) is 27.7 Å². The van der Waals surface area contributed by atoms with Gasteiger partial charge in [0.2, 0.25) is 0 Å². The van der Waals surface area contributed by atoms with Crippen LogP contribution < -0.4 is 9.80 Å². The normalized spacial score (nSPS) is 11.5. The lowest BCUT2D eigenvalue weighted by Gasteiger charge is -2.32. The molecule has 0 heterocycles. The standard InChI is InChI=1S/C78H58N2/c1-51-31-43-73(53(3)47-51)79(75-45-41-61(63-23-11-15-27-67(63)75)59-37-33-57(34-38-59)55-19-7-5-8-20-55)77-49-71-66-26-14-18-30-70(66)78(50-72(71)65-25-13-17-29-69(65)77)80(74-44-32-52(2)48-54(74)4)76-46-42-62(64-24-12-16-28-68(64)76)60-39-35-58(36-40-60)56-21-9-6-10-22-56/h5-50H,1-4H3. The lowest BCUT2D eigenvalue weighted by Crippen LogP contribution is -2.14. The fourth-order valence-electron chi connectivity index (χ4n) is 12.6. The summed E-state index contributed by atoms with van der Waals surface area (Å²) in [6.07, 6.45) is 0. The van der Waals surface area contributed by atoms with E-state index >= 15 is 0 Å². The molecule has 0 unspecified atom stereocenters. The number of rotatable bonds is 10. The summed E-state index contributed by atoms with van der Waals surface area (Å²) < 4.78 is 0. The van der Waals surface area contributed by atoms with Crippen LogP contribution in [-0.4, -0.2) is 0 Å². The number of nitrogens with zero attached hydrogens (tertiary/aromatic N) is 2. The van der Waals surface area contributed by atoms with E-state index in [0.29, 0.717) is 0 Å². The van der Waals surface area contributed by atoms with Gasteiger partial charge in [-0.2, -0.15) is 0 Å². The highest BCUT2D eigenvalue weighted by atomic mass is 15.2. The SMILES string of the molecule is Cc1ccc(N(c2ccc(-c3ccc(-c4ccccc4)cc3)c3ccccc23)c2cc3c4ccccc4c(N(c4ccc(C)cc4C)c4ccc(-c5ccc(-c6ccccc6)cc5)c5ccccc45)cc3c3ccccc23)c(C)c1. The summed E-state index contributed by atoms with van der Waals surface area (Å²) in [4.78, 5) is 5.07. The lowest BCUT2D eigenvalue weighted by atomic mass is 9.91. The van der Waals surface area contributed by atoms with Crippen molar-refractivity contribution >= 4 is 88.0 Å². The van der Waals surface area contributed by atoms with Crippen molar-refractivity contribution in [1.82, 2.24) is 0 Å². The van der Waals surface area contributed by atoms with E-state index < -0.39 is 0 Å². The number of fused-ring (bicyclic) bond motifs is 7. The molecule has 0 atom stereocenters. The highest BCUT2D eigenvalue weighted by molar-refractivity contribution is 6.25. The van der Waals surface area contributed by atoms with Crippen LogP contribution in [0.15, 0.2) is 279 Å². The molecule has 2 heteroatoms. The highest BCUT2D eigenvalue weighted by Gasteiger charge is 2.26. The fraction of sp³-hybridized carbons (Fsp3) is 0.0513. The van der Waals surface area contributed by atoms with Crippen molar-refractivity contribution in [3.63, 3.8) is 0 Å². The molecule has 0 radical (unpaired) electrons. The zero-order valence-electron chi connectivity index (χ0n) is 45.5. The van der Waals surface area contributed by atoms with Gasteiger partial charge < -0.3 is 9.80 Å². The van der Waals surface area contributed by atoms with Gasteiger partial charge in [-0.25, -0.2) is 0 Å². The molecule has 2 nitrogen and oxygen atoms in total. The minimum absolute atomic E-state index is 1.13. The molecule has 0 aliphatic carbocycles. The maximum absolute atomic E-state index is 2.54. The summed E-state index contributed by atoms with van der Waals surface area (Å²) in [6, 6.07) is 103. The second-order valence-corrected chi connectivity index (χ2v) is 21.5. The van der Waals surface area contributed by atoms with E-state index in [2.05, 4.69) is 317 Å². The van der Waals surface area contributed by atoms with Gasteiger partial charge in [-0.3, -0.25) is 0 Å². The molecule has 0 saturated heterocycles. The Morgan fingerprint density at radius 2 is 0.475 bits per heavy atom. The van der Waals surface area contributed by atoms with E-state index in [0.717, 1.165) is 34.1 Å². The molecule has 14 rings (SSSR count). The number of benzene rings is 14. The largest absolute Gasteiger partial charge is 0.309 e. The Hall–Kier alpha value is -10.0. The molecule has 0 fully saturated rings. The second-order valence-electron chi connectivity index (χ2n) is 21.5. The zero-order chi connectivity index (χ0) is 53.8. The molecular weight excluding hydrogens is 965 g/mol. The molecular formula is C78H58N2.